The molecule has 0 aliphatic rings. The molecule has 0 saturated heterocycles. The Morgan fingerprint density at radius 1 is 1.29 bits per heavy atom. The summed E-state index contributed by atoms with van der Waals surface area (Å²) in [4.78, 5) is 0. The van der Waals surface area contributed by atoms with E-state index in [2.05, 4.69) is 10.3 Å². The number of benzene rings is 1. The molecule has 0 atom stereocenters. The maximum absolute atomic E-state index is 8.71. The van der Waals surface area contributed by atoms with Crippen LogP contribution in [0.5, 0.6) is 0 Å². The number of rotatable bonds is 1. The van der Waals surface area contributed by atoms with Crippen LogP contribution in [0.3, 0.4) is 0 Å². The van der Waals surface area contributed by atoms with Crippen molar-refractivity contribution in [3.63, 3.8) is 0 Å². The molecule has 68 valence electrons. The number of aromatic nitrogens is 3. The lowest BCUT2D eigenvalue weighted by atomic mass is 10.3. The van der Waals surface area contributed by atoms with E-state index in [1.54, 1.807) is 4.68 Å². The molecule has 0 radical (unpaired) electrons. The summed E-state index contributed by atoms with van der Waals surface area (Å²) in [7, 11) is 0. The van der Waals surface area contributed by atoms with Crippen LogP contribution in [0.2, 0.25) is 0 Å². The Kier molecular flexibility index (Phi) is 1.99. The van der Waals surface area contributed by atoms with Gasteiger partial charge in [0.15, 0.2) is 5.69 Å². The summed E-state index contributed by atoms with van der Waals surface area (Å²) < 4.78 is 1.65. The lowest BCUT2D eigenvalue weighted by Crippen LogP contribution is -1.98. The molecule has 4 heteroatoms. The van der Waals surface area contributed by atoms with Gasteiger partial charge in [-0.3, -0.25) is 0 Å². The zero-order chi connectivity index (χ0) is 9.97. The molecule has 1 aromatic heterocycles. The molecule has 2 aromatic rings. The third kappa shape index (κ3) is 1.25. The van der Waals surface area contributed by atoms with Crippen molar-refractivity contribution in [3.8, 4) is 11.8 Å². The quantitative estimate of drug-likeness (QED) is 0.674. The van der Waals surface area contributed by atoms with Crippen LogP contribution in [0.25, 0.3) is 5.69 Å². The molecule has 1 heterocycles. The van der Waals surface area contributed by atoms with Gasteiger partial charge < -0.3 is 0 Å². The van der Waals surface area contributed by atoms with Gasteiger partial charge in [-0.05, 0) is 19.1 Å². The molecule has 0 saturated carbocycles. The summed E-state index contributed by atoms with van der Waals surface area (Å²) in [5.41, 5.74) is 2.05. The summed E-state index contributed by atoms with van der Waals surface area (Å²) in [5, 5.41) is 16.4. The zero-order valence-electron chi connectivity index (χ0n) is 7.68. The molecule has 0 amide bonds. The minimum Gasteiger partial charge on any atom is -0.216 e. The summed E-state index contributed by atoms with van der Waals surface area (Å²) >= 11 is 0. The second-order valence-electron chi connectivity index (χ2n) is 2.88. The van der Waals surface area contributed by atoms with E-state index in [0.29, 0.717) is 5.69 Å². The number of nitrogens with zero attached hydrogens (tertiary/aromatic N) is 4. The number of nitriles is 1. The highest BCUT2D eigenvalue weighted by Crippen LogP contribution is 2.10. The van der Waals surface area contributed by atoms with Gasteiger partial charge in [-0.2, -0.15) is 5.26 Å². The molecule has 1 aromatic carbocycles. The highest BCUT2D eigenvalue weighted by Gasteiger charge is 2.07. The molecule has 0 unspecified atom stereocenters. The summed E-state index contributed by atoms with van der Waals surface area (Å²) in [5.74, 6) is 0. The number of hydrogen-bond donors (Lipinski definition) is 0. The second kappa shape index (κ2) is 3.30. The van der Waals surface area contributed by atoms with E-state index >= 15 is 0 Å². The van der Waals surface area contributed by atoms with Gasteiger partial charge >= 0.3 is 0 Å². The fraction of sp³-hybridized carbons (Fsp3) is 0.100. The fourth-order valence-corrected chi connectivity index (χ4v) is 1.25. The van der Waals surface area contributed by atoms with Crippen LogP contribution in [-0.4, -0.2) is 15.0 Å². The van der Waals surface area contributed by atoms with Crippen molar-refractivity contribution >= 4 is 0 Å². The van der Waals surface area contributed by atoms with E-state index in [0.717, 1.165) is 11.4 Å². The molecular formula is C10H8N4. The van der Waals surface area contributed by atoms with Gasteiger partial charge in [0.1, 0.15) is 6.07 Å². The van der Waals surface area contributed by atoms with Crippen molar-refractivity contribution in [2.24, 2.45) is 0 Å². The van der Waals surface area contributed by atoms with Crippen LogP contribution >= 0.6 is 0 Å². The molecule has 0 N–H and O–H groups in total. The highest BCUT2D eigenvalue weighted by molar-refractivity contribution is 5.35. The van der Waals surface area contributed by atoms with Gasteiger partial charge in [0.2, 0.25) is 0 Å². The van der Waals surface area contributed by atoms with Gasteiger partial charge in [-0.25, -0.2) is 4.68 Å². The van der Waals surface area contributed by atoms with E-state index in [9.17, 15) is 0 Å². The summed E-state index contributed by atoms with van der Waals surface area (Å²) in [6.45, 7) is 1.82. The maximum atomic E-state index is 8.71. The third-order valence-corrected chi connectivity index (χ3v) is 2.00. The summed E-state index contributed by atoms with van der Waals surface area (Å²) in [6.07, 6.45) is 0. The Morgan fingerprint density at radius 3 is 2.57 bits per heavy atom. The minimum absolute atomic E-state index is 0.369. The van der Waals surface area contributed by atoms with Gasteiger partial charge in [0.25, 0.3) is 0 Å². The molecule has 0 aliphatic carbocycles. The van der Waals surface area contributed by atoms with Crippen LogP contribution in [0, 0.1) is 18.3 Å². The van der Waals surface area contributed by atoms with Crippen molar-refractivity contribution in [3.05, 3.63) is 41.7 Å². The van der Waals surface area contributed by atoms with E-state index in [4.69, 9.17) is 5.26 Å². The summed E-state index contributed by atoms with van der Waals surface area (Å²) in [6, 6.07) is 11.6. The van der Waals surface area contributed by atoms with Crippen LogP contribution in [0.1, 0.15) is 11.4 Å². The fourth-order valence-electron chi connectivity index (χ4n) is 1.25. The molecule has 2 rings (SSSR count). The molecule has 0 spiro atoms. The highest BCUT2D eigenvalue weighted by atomic mass is 15.4. The maximum Gasteiger partial charge on any atom is 0.186 e. The van der Waals surface area contributed by atoms with E-state index in [-0.39, 0.29) is 0 Å². The average Bonchev–Trinajstić information content (AvgIpc) is 2.61. The van der Waals surface area contributed by atoms with E-state index in [1.165, 1.54) is 0 Å². The normalized spacial score (nSPS) is 9.71. The largest absolute Gasteiger partial charge is 0.216 e. The first kappa shape index (κ1) is 8.45. The average molecular weight is 184 g/mol. The first-order chi connectivity index (χ1) is 6.83. The van der Waals surface area contributed by atoms with Crippen LogP contribution in [0.15, 0.2) is 30.3 Å². The predicted molar refractivity (Wildman–Crippen MR) is 50.8 cm³/mol. The Morgan fingerprint density at radius 2 is 2.00 bits per heavy atom. The van der Waals surface area contributed by atoms with Crippen molar-refractivity contribution in [1.29, 1.82) is 5.26 Å². The van der Waals surface area contributed by atoms with Gasteiger partial charge in [0.05, 0.1) is 11.4 Å². The second-order valence-corrected chi connectivity index (χ2v) is 2.88. The molecule has 0 fully saturated rings. The van der Waals surface area contributed by atoms with Crippen LogP contribution < -0.4 is 0 Å². The smallest absolute Gasteiger partial charge is 0.186 e. The van der Waals surface area contributed by atoms with Crippen LogP contribution in [-0.2, 0) is 0 Å². The molecular weight excluding hydrogens is 176 g/mol. The standard InChI is InChI=1S/C10H8N4/c1-8-10(7-11)12-13-14(8)9-5-3-2-4-6-9/h2-6H,1H3. The van der Waals surface area contributed by atoms with Crippen LogP contribution in [0.4, 0.5) is 0 Å². The topological polar surface area (TPSA) is 54.5 Å². The predicted octanol–water partition coefficient (Wildman–Crippen LogP) is 1.45. The van der Waals surface area contributed by atoms with Crippen molar-refractivity contribution in [2.45, 2.75) is 6.92 Å². The molecule has 14 heavy (non-hydrogen) atoms. The van der Waals surface area contributed by atoms with Crippen molar-refractivity contribution in [2.75, 3.05) is 0 Å². The third-order valence-electron chi connectivity index (χ3n) is 2.00. The minimum atomic E-state index is 0.369. The van der Waals surface area contributed by atoms with Gasteiger partial charge in [-0.15, -0.1) is 5.10 Å². The lowest BCUT2D eigenvalue weighted by Gasteiger charge is -2.00. The monoisotopic (exact) mass is 184 g/mol. The Labute approximate surface area is 81.4 Å². The van der Waals surface area contributed by atoms with E-state index in [1.807, 2.05) is 43.3 Å². The Bertz CT molecular complexity index is 479. The Balaban J connectivity index is 2.54. The van der Waals surface area contributed by atoms with Crippen molar-refractivity contribution < 1.29 is 0 Å². The Hall–Kier alpha value is -2.15. The van der Waals surface area contributed by atoms with Crippen molar-refractivity contribution in [1.82, 2.24) is 15.0 Å². The SMILES string of the molecule is Cc1c(C#N)nnn1-c1ccccc1. The molecule has 0 bridgehead atoms. The number of para-hydroxylation sites is 1. The van der Waals surface area contributed by atoms with Gasteiger partial charge in [-0.1, -0.05) is 23.4 Å². The first-order valence-corrected chi connectivity index (χ1v) is 4.21. The van der Waals surface area contributed by atoms with Gasteiger partial charge in [0, 0.05) is 0 Å². The first-order valence-electron chi connectivity index (χ1n) is 4.21. The number of hydrogen-bond acceptors (Lipinski definition) is 3. The molecule has 0 aliphatic heterocycles. The molecule has 4 nitrogen and oxygen atoms in total. The lowest BCUT2D eigenvalue weighted by molar-refractivity contribution is 0.785. The van der Waals surface area contributed by atoms with E-state index < -0.39 is 0 Å². The zero-order valence-corrected chi connectivity index (χ0v) is 7.68.